The Kier molecular flexibility index (Phi) is 6.58. The van der Waals surface area contributed by atoms with Gasteiger partial charge in [0.1, 0.15) is 11.9 Å². The SMILES string of the molecule is CC[C@H](C)[C@H](NCC(=O)Nc1ccc(F)cc1Cl)C(=O)O. The van der Waals surface area contributed by atoms with Gasteiger partial charge < -0.3 is 10.4 Å². The lowest BCUT2D eigenvalue weighted by molar-refractivity contribution is -0.140. The predicted molar refractivity (Wildman–Crippen MR) is 78.9 cm³/mol. The van der Waals surface area contributed by atoms with Gasteiger partial charge in [-0.05, 0) is 24.1 Å². The highest BCUT2D eigenvalue weighted by Crippen LogP contribution is 2.22. The molecule has 7 heteroatoms. The van der Waals surface area contributed by atoms with Gasteiger partial charge in [0.2, 0.25) is 5.91 Å². The second-order valence-electron chi connectivity index (χ2n) is 4.75. The van der Waals surface area contributed by atoms with Gasteiger partial charge >= 0.3 is 5.97 Å². The molecule has 5 nitrogen and oxygen atoms in total. The number of benzene rings is 1. The van der Waals surface area contributed by atoms with Crippen LogP contribution in [0.5, 0.6) is 0 Å². The quantitative estimate of drug-likeness (QED) is 0.722. The van der Waals surface area contributed by atoms with Crippen molar-refractivity contribution in [3.8, 4) is 0 Å². The number of carboxylic acid groups (broad SMARTS) is 1. The van der Waals surface area contributed by atoms with E-state index >= 15 is 0 Å². The maximum Gasteiger partial charge on any atom is 0.320 e. The molecule has 21 heavy (non-hydrogen) atoms. The van der Waals surface area contributed by atoms with Crippen LogP contribution in [-0.4, -0.2) is 29.6 Å². The minimum absolute atomic E-state index is 0.0834. The Balaban J connectivity index is 2.59. The van der Waals surface area contributed by atoms with Gasteiger partial charge in [-0.1, -0.05) is 31.9 Å². The van der Waals surface area contributed by atoms with Crippen LogP contribution in [-0.2, 0) is 9.59 Å². The van der Waals surface area contributed by atoms with E-state index in [9.17, 15) is 14.0 Å². The molecule has 1 aromatic carbocycles. The third kappa shape index (κ3) is 5.32. The van der Waals surface area contributed by atoms with Crippen molar-refractivity contribution in [2.45, 2.75) is 26.3 Å². The number of carboxylic acids is 1. The number of halogens is 2. The molecule has 1 rings (SSSR count). The zero-order chi connectivity index (χ0) is 16.0. The van der Waals surface area contributed by atoms with Crippen molar-refractivity contribution in [3.63, 3.8) is 0 Å². The van der Waals surface area contributed by atoms with Gasteiger partial charge in [0.25, 0.3) is 0 Å². The Bertz CT molecular complexity index is 525. The molecule has 0 aliphatic rings. The van der Waals surface area contributed by atoms with E-state index in [1.165, 1.54) is 12.1 Å². The monoisotopic (exact) mass is 316 g/mol. The first kappa shape index (κ1) is 17.4. The van der Waals surface area contributed by atoms with Crippen LogP contribution < -0.4 is 10.6 Å². The van der Waals surface area contributed by atoms with Gasteiger partial charge in [0, 0.05) is 0 Å². The van der Waals surface area contributed by atoms with Gasteiger partial charge in [-0.2, -0.15) is 0 Å². The molecule has 0 spiro atoms. The van der Waals surface area contributed by atoms with Gasteiger partial charge in [0.15, 0.2) is 0 Å². The van der Waals surface area contributed by atoms with E-state index in [0.717, 1.165) is 6.07 Å². The predicted octanol–water partition coefficient (Wildman–Crippen LogP) is 2.51. The van der Waals surface area contributed by atoms with Crippen LogP contribution in [0.4, 0.5) is 10.1 Å². The third-order valence-corrected chi connectivity index (χ3v) is 3.48. The highest BCUT2D eigenvalue weighted by atomic mass is 35.5. The smallest absolute Gasteiger partial charge is 0.320 e. The van der Waals surface area contributed by atoms with E-state index in [4.69, 9.17) is 16.7 Å². The largest absolute Gasteiger partial charge is 0.480 e. The van der Waals surface area contributed by atoms with Crippen LogP contribution in [0.3, 0.4) is 0 Å². The summed E-state index contributed by atoms with van der Waals surface area (Å²) in [6, 6.07) is 2.81. The lowest BCUT2D eigenvalue weighted by Crippen LogP contribution is -2.45. The molecule has 0 saturated carbocycles. The second kappa shape index (κ2) is 7.95. The van der Waals surface area contributed by atoms with Gasteiger partial charge in [-0.25, -0.2) is 4.39 Å². The standard InChI is InChI=1S/C14H18ClFN2O3/c1-3-8(2)13(14(20)21)17-7-12(19)18-11-5-4-9(16)6-10(11)15/h4-6,8,13,17H,3,7H2,1-2H3,(H,18,19)(H,20,21)/t8-,13-/m0/s1. The maximum absolute atomic E-state index is 12.9. The van der Waals surface area contributed by atoms with Crippen molar-refractivity contribution in [1.82, 2.24) is 5.32 Å². The molecule has 0 aliphatic heterocycles. The summed E-state index contributed by atoms with van der Waals surface area (Å²) in [5.74, 6) is -2.06. The summed E-state index contributed by atoms with van der Waals surface area (Å²) < 4.78 is 12.9. The first-order valence-electron chi connectivity index (χ1n) is 6.56. The molecule has 0 saturated heterocycles. The number of hydrogen-bond donors (Lipinski definition) is 3. The lowest BCUT2D eigenvalue weighted by atomic mass is 9.99. The topological polar surface area (TPSA) is 78.4 Å². The van der Waals surface area contributed by atoms with E-state index in [0.29, 0.717) is 6.42 Å². The highest BCUT2D eigenvalue weighted by molar-refractivity contribution is 6.33. The van der Waals surface area contributed by atoms with Gasteiger partial charge in [-0.3, -0.25) is 14.9 Å². The first-order chi connectivity index (χ1) is 9.85. The Hall–Kier alpha value is -1.66. The molecule has 0 unspecified atom stereocenters. The molecule has 1 aromatic rings. The molecule has 0 bridgehead atoms. The molecule has 0 fully saturated rings. The number of hydrogen-bond acceptors (Lipinski definition) is 3. The fraction of sp³-hybridized carbons (Fsp3) is 0.429. The molecular weight excluding hydrogens is 299 g/mol. The first-order valence-corrected chi connectivity index (χ1v) is 6.94. The van der Waals surface area contributed by atoms with Crippen LogP contribution in [0.15, 0.2) is 18.2 Å². The van der Waals surface area contributed by atoms with E-state index < -0.39 is 23.7 Å². The van der Waals surface area contributed by atoms with Crippen molar-refractivity contribution in [2.24, 2.45) is 5.92 Å². The normalized spacial score (nSPS) is 13.5. The maximum atomic E-state index is 12.9. The van der Waals surface area contributed by atoms with Crippen molar-refractivity contribution < 1.29 is 19.1 Å². The molecule has 0 heterocycles. The molecule has 3 N–H and O–H groups in total. The summed E-state index contributed by atoms with van der Waals surface area (Å²) in [6.07, 6.45) is 0.676. The average molecular weight is 317 g/mol. The van der Waals surface area contributed by atoms with Crippen molar-refractivity contribution in [1.29, 1.82) is 0 Å². The summed E-state index contributed by atoms with van der Waals surface area (Å²) in [6.45, 7) is 3.50. The third-order valence-electron chi connectivity index (χ3n) is 3.17. The number of rotatable bonds is 7. The molecule has 2 atom stereocenters. The Morgan fingerprint density at radius 3 is 2.62 bits per heavy atom. The number of anilines is 1. The van der Waals surface area contributed by atoms with Crippen LogP contribution in [0.25, 0.3) is 0 Å². The molecular formula is C14H18ClFN2O3. The number of amides is 1. The van der Waals surface area contributed by atoms with Crippen molar-refractivity contribution in [2.75, 3.05) is 11.9 Å². The summed E-state index contributed by atoms with van der Waals surface area (Å²) >= 11 is 5.79. The van der Waals surface area contributed by atoms with Crippen LogP contribution >= 0.6 is 11.6 Å². The number of nitrogens with one attached hydrogen (secondary N) is 2. The number of aliphatic carboxylic acids is 1. The Morgan fingerprint density at radius 1 is 1.43 bits per heavy atom. The second-order valence-corrected chi connectivity index (χ2v) is 5.16. The summed E-state index contributed by atoms with van der Waals surface area (Å²) in [7, 11) is 0. The average Bonchev–Trinajstić information content (AvgIpc) is 2.41. The zero-order valence-electron chi connectivity index (χ0n) is 11.8. The van der Waals surface area contributed by atoms with E-state index in [-0.39, 0.29) is 23.2 Å². The fourth-order valence-electron chi connectivity index (χ4n) is 1.76. The Morgan fingerprint density at radius 2 is 2.10 bits per heavy atom. The van der Waals surface area contributed by atoms with E-state index in [1.807, 2.05) is 6.92 Å². The number of carbonyl (C=O) groups excluding carboxylic acids is 1. The fourth-order valence-corrected chi connectivity index (χ4v) is 1.97. The molecule has 116 valence electrons. The van der Waals surface area contributed by atoms with Gasteiger partial charge in [-0.15, -0.1) is 0 Å². The van der Waals surface area contributed by atoms with Crippen molar-refractivity contribution >= 4 is 29.2 Å². The number of carbonyl (C=O) groups is 2. The van der Waals surface area contributed by atoms with Crippen LogP contribution in [0, 0.1) is 11.7 Å². The molecule has 0 aliphatic carbocycles. The lowest BCUT2D eigenvalue weighted by Gasteiger charge is -2.19. The van der Waals surface area contributed by atoms with E-state index in [2.05, 4.69) is 10.6 Å². The van der Waals surface area contributed by atoms with E-state index in [1.54, 1.807) is 6.92 Å². The summed E-state index contributed by atoms with van der Waals surface area (Å²) in [5.41, 5.74) is 0.278. The molecule has 0 radical (unpaired) electrons. The van der Waals surface area contributed by atoms with Crippen molar-refractivity contribution in [3.05, 3.63) is 29.0 Å². The highest BCUT2D eigenvalue weighted by Gasteiger charge is 2.23. The molecule has 0 aromatic heterocycles. The van der Waals surface area contributed by atoms with Crippen LogP contribution in [0.1, 0.15) is 20.3 Å². The zero-order valence-corrected chi connectivity index (χ0v) is 12.6. The van der Waals surface area contributed by atoms with Gasteiger partial charge in [0.05, 0.1) is 17.3 Å². The Labute approximate surface area is 127 Å². The summed E-state index contributed by atoms with van der Waals surface area (Å²) in [5, 5.41) is 14.4. The van der Waals surface area contributed by atoms with Crippen LogP contribution in [0.2, 0.25) is 5.02 Å². The minimum Gasteiger partial charge on any atom is -0.480 e. The summed E-state index contributed by atoms with van der Waals surface area (Å²) in [4.78, 5) is 22.9. The minimum atomic E-state index is -1.00. The molecule has 1 amide bonds.